The monoisotopic (exact) mass is 294 g/mol. The van der Waals surface area contributed by atoms with Gasteiger partial charge in [0.15, 0.2) is 12.4 Å². The molecule has 2 atom stereocenters. The van der Waals surface area contributed by atoms with E-state index >= 15 is 0 Å². The van der Waals surface area contributed by atoms with Crippen molar-refractivity contribution < 1.29 is 24.1 Å². The van der Waals surface area contributed by atoms with Crippen LogP contribution in [0, 0.1) is 0 Å². The van der Waals surface area contributed by atoms with E-state index < -0.39 is 12.1 Å². The number of aliphatic carboxylic acids is 1. The van der Waals surface area contributed by atoms with Gasteiger partial charge in [0.05, 0.1) is 13.2 Å². The first kappa shape index (κ1) is 15.9. The molecule has 0 bridgehead atoms. The van der Waals surface area contributed by atoms with Gasteiger partial charge in [0.1, 0.15) is 0 Å². The molecule has 21 heavy (non-hydrogen) atoms. The third kappa shape index (κ3) is 5.83. The average molecular weight is 294 g/mol. The Balaban J connectivity index is 1.69. The van der Waals surface area contributed by atoms with E-state index in [4.69, 9.17) is 14.2 Å². The summed E-state index contributed by atoms with van der Waals surface area (Å²) in [5.74, 6) is -0.951. The molecule has 5 heteroatoms. The van der Waals surface area contributed by atoms with E-state index in [1.807, 2.05) is 30.3 Å². The fourth-order valence-electron chi connectivity index (χ4n) is 2.26. The van der Waals surface area contributed by atoms with Crippen LogP contribution in [0.1, 0.15) is 24.8 Å². The normalized spacial score (nSPS) is 20.1. The Morgan fingerprint density at radius 1 is 1.29 bits per heavy atom. The molecule has 116 valence electrons. The number of ether oxygens (including phenoxy) is 3. The summed E-state index contributed by atoms with van der Waals surface area (Å²) in [6, 6.07) is 9.46. The fourth-order valence-corrected chi connectivity index (χ4v) is 2.26. The van der Waals surface area contributed by atoms with Crippen LogP contribution < -0.4 is 0 Å². The third-order valence-corrected chi connectivity index (χ3v) is 3.38. The van der Waals surface area contributed by atoms with Crippen molar-refractivity contribution in [3.8, 4) is 0 Å². The van der Waals surface area contributed by atoms with Crippen molar-refractivity contribution in [1.29, 1.82) is 0 Å². The van der Waals surface area contributed by atoms with E-state index in [1.165, 1.54) is 0 Å². The van der Waals surface area contributed by atoms with E-state index in [0.29, 0.717) is 13.0 Å². The highest BCUT2D eigenvalue weighted by Gasteiger charge is 2.19. The highest BCUT2D eigenvalue weighted by Crippen LogP contribution is 2.13. The topological polar surface area (TPSA) is 65.0 Å². The molecule has 1 fully saturated rings. The van der Waals surface area contributed by atoms with E-state index in [9.17, 15) is 9.90 Å². The number of benzene rings is 1. The zero-order valence-electron chi connectivity index (χ0n) is 12.1. The predicted molar refractivity (Wildman–Crippen MR) is 77.1 cm³/mol. The fraction of sp³-hybridized carbons (Fsp3) is 0.562. The Morgan fingerprint density at radius 3 is 2.76 bits per heavy atom. The second-order valence-corrected chi connectivity index (χ2v) is 5.05. The minimum atomic E-state index is -0.951. The van der Waals surface area contributed by atoms with Gasteiger partial charge in [-0.2, -0.15) is 0 Å². The summed E-state index contributed by atoms with van der Waals surface area (Å²) >= 11 is 0. The molecule has 0 saturated carbocycles. The number of hydrogen-bond donors (Lipinski definition) is 1. The van der Waals surface area contributed by atoms with Crippen molar-refractivity contribution in [1.82, 2.24) is 0 Å². The van der Waals surface area contributed by atoms with Crippen molar-refractivity contribution in [2.24, 2.45) is 0 Å². The zero-order chi connectivity index (χ0) is 14.9. The smallest absolute Gasteiger partial charge is 0.333 e. The first-order valence-electron chi connectivity index (χ1n) is 7.37. The van der Waals surface area contributed by atoms with E-state index in [1.54, 1.807) is 0 Å². The lowest BCUT2D eigenvalue weighted by Gasteiger charge is -2.23. The molecule has 1 aromatic carbocycles. The summed E-state index contributed by atoms with van der Waals surface area (Å²) in [5.41, 5.74) is 0.946. The first-order valence-corrected chi connectivity index (χ1v) is 7.37. The van der Waals surface area contributed by atoms with E-state index in [-0.39, 0.29) is 12.9 Å². The number of carboxylic acid groups (broad SMARTS) is 1. The van der Waals surface area contributed by atoms with Gasteiger partial charge in [-0.1, -0.05) is 30.3 Å². The number of carbonyl (C=O) groups is 1. The highest BCUT2D eigenvalue weighted by molar-refractivity contribution is 5.72. The second-order valence-electron chi connectivity index (χ2n) is 5.05. The SMILES string of the molecule is O=C(O)C(Cc1ccccc1)OCCOC1CCCCO1. The maximum atomic E-state index is 11.2. The van der Waals surface area contributed by atoms with Gasteiger partial charge in [-0.3, -0.25) is 0 Å². The summed E-state index contributed by atoms with van der Waals surface area (Å²) in [5, 5.41) is 9.19. The van der Waals surface area contributed by atoms with Crippen molar-refractivity contribution in [2.45, 2.75) is 38.1 Å². The van der Waals surface area contributed by atoms with Gasteiger partial charge in [0.2, 0.25) is 0 Å². The summed E-state index contributed by atoms with van der Waals surface area (Å²) in [6.07, 6.45) is 2.43. The van der Waals surface area contributed by atoms with Crippen LogP contribution in [-0.4, -0.2) is 43.3 Å². The van der Waals surface area contributed by atoms with Crippen LogP contribution in [0.3, 0.4) is 0 Å². The summed E-state index contributed by atoms with van der Waals surface area (Å²) in [6.45, 7) is 1.34. The molecule has 1 N–H and O–H groups in total. The van der Waals surface area contributed by atoms with Crippen molar-refractivity contribution in [2.75, 3.05) is 19.8 Å². The largest absolute Gasteiger partial charge is 0.479 e. The van der Waals surface area contributed by atoms with Crippen molar-refractivity contribution in [3.63, 3.8) is 0 Å². The minimum Gasteiger partial charge on any atom is -0.479 e. The summed E-state index contributed by atoms with van der Waals surface area (Å²) in [4.78, 5) is 11.2. The minimum absolute atomic E-state index is 0.167. The molecule has 2 unspecified atom stereocenters. The van der Waals surface area contributed by atoms with Gasteiger partial charge in [0, 0.05) is 13.0 Å². The Morgan fingerprint density at radius 2 is 2.10 bits per heavy atom. The number of rotatable bonds is 8. The van der Waals surface area contributed by atoms with Gasteiger partial charge in [-0.15, -0.1) is 0 Å². The lowest BCUT2D eigenvalue weighted by Crippen LogP contribution is -2.29. The van der Waals surface area contributed by atoms with Crippen molar-refractivity contribution in [3.05, 3.63) is 35.9 Å². The molecule has 5 nitrogen and oxygen atoms in total. The van der Waals surface area contributed by atoms with Crippen LogP contribution in [0.2, 0.25) is 0 Å². The quantitative estimate of drug-likeness (QED) is 0.745. The summed E-state index contributed by atoms with van der Waals surface area (Å²) in [7, 11) is 0. The molecule has 0 radical (unpaired) electrons. The number of hydrogen-bond acceptors (Lipinski definition) is 4. The van der Waals surface area contributed by atoms with Crippen LogP contribution in [0.25, 0.3) is 0 Å². The van der Waals surface area contributed by atoms with E-state index in [0.717, 1.165) is 31.4 Å². The van der Waals surface area contributed by atoms with Gasteiger partial charge in [0.25, 0.3) is 0 Å². The molecule has 0 aliphatic carbocycles. The second kappa shape index (κ2) is 8.77. The molecule has 0 spiro atoms. The van der Waals surface area contributed by atoms with Crippen molar-refractivity contribution >= 4 is 5.97 Å². The van der Waals surface area contributed by atoms with Gasteiger partial charge >= 0.3 is 5.97 Å². The zero-order valence-corrected chi connectivity index (χ0v) is 12.1. The average Bonchev–Trinajstić information content (AvgIpc) is 2.52. The Bertz CT molecular complexity index is 414. The molecule has 0 aromatic heterocycles. The lowest BCUT2D eigenvalue weighted by molar-refractivity contribution is -0.175. The molecular formula is C16H22O5. The third-order valence-electron chi connectivity index (χ3n) is 3.38. The standard InChI is InChI=1S/C16H22O5/c17-16(18)14(12-13-6-2-1-3-7-13)19-10-11-21-15-8-4-5-9-20-15/h1-3,6-7,14-15H,4-5,8-12H2,(H,17,18). The van der Waals surface area contributed by atoms with Gasteiger partial charge in [-0.05, 0) is 24.8 Å². The van der Waals surface area contributed by atoms with Crippen LogP contribution in [0.5, 0.6) is 0 Å². The van der Waals surface area contributed by atoms with Crippen LogP contribution in [-0.2, 0) is 25.4 Å². The van der Waals surface area contributed by atoms with Crippen LogP contribution in [0.4, 0.5) is 0 Å². The van der Waals surface area contributed by atoms with Crippen LogP contribution in [0.15, 0.2) is 30.3 Å². The Kier molecular flexibility index (Phi) is 6.66. The Labute approximate surface area is 124 Å². The molecule has 1 saturated heterocycles. The maximum absolute atomic E-state index is 11.2. The molecule has 1 heterocycles. The molecule has 1 aromatic rings. The van der Waals surface area contributed by atoms with Crippen LogP contribution >= 0.6 is 0 Å². The van der Waals surface area contributed by atoms with E-state index in [2.05, 4.69) is 0 Å². The van der Waals surface area contributed by atoms with Gasteiger partial charge < -0.3 is 19.3 Å². The first-order chi connectivity index (χ1) is 10.3. The lowest BCUT2D eigenvalue weighted by atomic mass is 10.1. The predicted octanol–water partition coefficient (Wildman–Crippen LogP) is 2.24. The Hall–Kier alpha value is -1.43. The molecule has 1 aliphatic rings. The molecular weight excluding hydrogens is 272 g/mol. The molecule has 2 rings (SSSR count). The van der Waals surface area contributed by atoms with Gasteiger partial charge in [-0.25, -0.2) is 4.79 Å². The summed E-state index contributed by atoms with van der Waals surface area (Å²) < 4.78 is 16.4. The molecule has 1 aliphatic heterocycles. The maximum Gasteiger partial charge on any atom is 0.333 e. The number of carboxylic acids is 1. The highest BCUT2D eigenvalue weighted by atomic mass is 16.7. The molecule has 0 amide bonds.